The first kappa shape index (κ1) is 14.5. The highest BCUT2D eigenvalue weighted by molar-refractivity contribution is 9.10. The van der Waals surface area contributed by atoms with Gasteiger partial charge in [-0.15, -0.1) is 5.10 Å². The number of hydrogen-bond donors (Lipinski definition) is 1. The number of carbonyl (C=O) groups is 1. The second-order valence-corrected chi connectivity index (χ2v) is 5.29. The lowest BCUT2D eigenvalue weighted by molar-refractivity contribution is 0.0692. The number of rotatable bonds is 3. The molecule has 1 heterocycles. The number of halogens is 1. The third-order valence-corrected chi connectivity index (χ3v) is 3.55. The molecule has 0 spiro atoms. The molecule has 5 nitrogen and oxygen atoms in total. The largest absolute Gasteiger partial charge is 0.477 e. The van der Waals surface area contributed by atoms with Crippen molar-refractivity contribution in [2.24, 2.45) is 0 Å². The topological polar surface area (TPSA) is 72.3 Å². The van der Waals surface area contributed by atoms with Gasteiger partial charge in [-0.05, 0) is 60.0 Å². The molecule has 0 aliphatic rings. The fraction of sp³-hybridized carbons (Fsp3) is 0.214. The van der Waals surface area contributed by atoms with E-state index < -0.39 is 5.97 Å². The Morgan fingerprint density at radius 3 is 2.55 bits per heavy atom. The molecule has 104 valence electrons. The molecule has 0 amide bonds. The van der Waals surface area contributed by atoms with E-state index in [2.05, 4.69) is 26.1 Å². The van der Waals surface area contributed by atoms with Crippen molar-refractivity contribution in [1.82, 2.24) is 10.2 Å². The van der Waals surface area contributed by atoms with Crippen LogP contribution in [0.3, 0.4) is 0 Å². The quantitative estimate of drug-likeness (QED) is 0.925. The number of nitrogens with zero attached hydrogens (tertiary/aromatic N) is 2. The maximum absolute atomic E-state index is 11.4. The van der Waals surface area contributed by atoms with Crippen molar-refractivity contribution in [3.63, 3.8) is 0 Å². The van der Waals surface area contributed by atoms with Crippen molar-refractivity contribution < 1.29 is 14.6 Å². The first-order chi connectivity index (χ1) is 9.40. The molecule has 0 aliphatic heterocycles. The second-order valence-electron chi connectivity index (χ2n) is 4.43. The van der Waals surface area contributed by atoms with Crippen LogP contribution in [0.2, 0.25) is 0 Å². The Balaban J connectivity index is 2.48. The molecule has 0 saturated heterocycles. The lowest BCUT2D eigenvalue weighted by atomic mass is 10.1. The van der Waals surface area contributed by atoms with E-state index in [-0.39, 0.29) is 11.4 Å². The third-order valence-electron chi connectivity index (χ3n) is 2.93. The molecule has 2 aromatic rings. The van der Waals surface area contributed by atoms with Crippen LogP contribution in [0.1, 0.15) is 27.2 Å². The molecule has 0 saturated carbocycles. The summed E-state index contributed by atoms with van der Waals surface area (Å²) in [4.78, 5) is 11.4. The van der Waals surface area contributed by atoms with Crippen LogP contribution in [-0.4, -0.2) is 21.3 Å². The number of ether oxygens (including phenoxy) is 1. The fourth-order valence-corrected chi connectivity index (χ4v) is 2.28. The summed E-state index contributed by atoms with van der Waals surface area (Å²) in [5.74, 6) is -0.598. The van der Waals surface area contributed by atoms with Gasteiger partial charge in [-0.2, -0.15) is 5.10 Å². The minimum atomic E-state index is -1.08. The highest BCUT2D eigenvalue weighted by atomic mass is 79.9. The maximum Gasteiger partial charge on any atom is 0.341 e. The highest BCUT2D eigenvalue weighted by Gasteiger charge is 2.20. The lowest BCUT2D eigenvalue weighted by Crippen LogP contribution is -2.08. The molecule has 0 atom stereocenters. The molecule has 1 aromatic carbocycles. The highest BCUT2D eigenvalue weighted by Crippen LogP contribution is 2.32. The van der Waals surface area contributed by atoms with Gasteiger partial charge in [-0.25, -0.2) is 4.79 Å². The Morgan fingerprint density at radius 1 is 1.25 bits per heavy atom. The molecule has 20 heavy (non-hydrogen) atoms. The van der Waals surface area contributed by atoms with Gasteiger partial charge in [-0.1, -0.05) is 6.07 Å². The molecule has 1 aromatic heterocycles. The van der Waals surface area contributed by atoms with Gasteiger partial charge < -0.3 is 9.84 Å². The van der Waals surface area contributed by atoms with Crippen LogP contribution >= 0.6 is 15.9 Å². The average molecular weight is 337 g/mol. The zero-order chi connectivity index (χ0) is 14.9. The van der Waals surface area contributed by atoms with E-state index in [4.69, 9.17) is 4.74 Å². The van der Waals surface area contributed by atoms with Gasteiger partial charge in [0.05, 0.1) is 10.2 Å². The molecule has 1 N–H and O–H groups in total. The van der Waals surface area contributed by atoms with Gasteiger partial charge in [-0.3, -0.25) is 0 Å². The Bertz CT molecular complexity index is 686. The van der Waals surface area contributed by atoms with Crippen molar-refractivity contribution in [3.05, 3.63) is 45.1 Å². The zero-order valence-corrected chi connectivity index (χ0v) is 12.9. The van der Waals surface area contributed by atoms with E-state index in [0.29, 0.717) is 17.0 Å². The van der Waals surface area contributed by atoms with E-state index in [1.807, 2.05) is 19.1 Å². The van der Waals surface area contributed by atoms with Crippen molar-refractivity contribution in [2.45, 2.75) is 20.8 Å². The third kappa shape index (κ3) is 2.80. The van der Waals surface area contributed by atoms with Crippen molar-refractivity contribution in [3.8, 4) is 11.6 Å². The Kier molecular flexibility index (Phi) is 4.04. The molecule has 6 heteroatoms. The van der Waals surface area contributed by atoms with Crippen LogP contribution in [0.25, 0.3) is 0 Å². The molecule has 0 unspecified atom stereocenters. The average Bonchev–Trinajstić information content (AvgIpc) is 2.36. The lowest BCUT2D eigenvalue weighted by Gasteiger charge is -2.11. The van der Waals surface area contributed by atoms with Gasteiger partial charge in [0.25, 0.3) is 5.88 Å². The summed E-state index contributed by atoms with van der Waals surface area (Å²) >= 11 is 3.38. The minimum absolute atomic E-state index is 0.00912. The number of benzene rings is 1. The number of aryl methyl sites for hydroxylation is 2. The first-order valence-electron chi connectivity index (χ1n) is 5.91. The van der Waals surface area contributed by atoms with Crippen LogP contribution < -0.4 is 4.74 Å². The molecule has 0 bridgehead atoms. The van der Waals surface area contributed by atoms with Crippen molar-refractivity contribution in [1.29, 1.82) is 0 Å². The van der Waals surface area contributed by atoms with E-state index in [1.54, 1.807) is 19.9 Å². The van der Waals surface area contributed by atoms with Gasteiger partial charge >= 0.3 is 5.97 Å². The molecular weight excluding hydrogens is 324 g/mol. The maximum atomic E-state index is 11.4. The van der Waals surface area contributed by atoms with Gasteiger partial charge in [0.15, 0.2) is 0 Å². The standard InChI is InChI=1S/C14H13BrN2O3/c1-7-4-5-11(10(15)6-7)20-13-12(14(18)19)8(2)9(3)16-17-13/h4-6H,1-3H3,(H,18,19). The van der Waals surface area contributed by atoms with Crippen LogP contribution in [0.15, 0.2) is 22.7 Å². The monoisotopic (exact) mass is 336 g/mol. The number of hydrogen-bond acceptors (Lipinski definition) is 4. The second kappa shape index (κ2) is 5.58. The summed E-state index contributed by atoms with van der Waals surface area (Å²) in [6.45, 7) is 5.35. The minimum Gasteiger partial charge on any atom is -0.477 e. The summed E-state index contributed by atoms with van der Waals surface area (Å²) in [6, 6.07) is 5.50. The fourth-order valence-electron chi connectivity index (χ4n) is 1.70. The van der Waals surface area contributed by atoms with Crippen LogP contribution in [0.4, 0.5) is 0 Å². The molecule has 2 rings (SSSR count). The van der Waals surface area contributed by atoms with Crippen molar-refractivity contribution in [2.75, 3.05) is 0 Å². The summed E-state index contributed by atoms with van der Waals surface area (Å²) in [7, 11) is 0. The molecule has 0 radical (unpaired) electrons. The number of aromatic carboxylic acids is 1. The van der Waals surface area contributed by atoms with Crippen LogP contribution in [0.5, 0.6) is 11.6 Å². The summed E-state index contributed by atoms with van der Waals surface area (Å²) in [5.41, 5.74) is 2.21. The van der Waals surface area contributed by atoms with E-state index >= 15 is 0 Å². The smallest absolute Gasteiger partial charge is 0.341 e. The molecule has 0 aliphatic carbocycles. The van der Waals surface area contributed by atoms with Crippen LogP contribution in [-0.2, 0) is 0 Å². The Labute approximate surface area is 124 Å². The Morgan fingerprint density at radius 2 is 1.95 bits per heavy atom. The van der Waals surface area contributed by atoms with Gasteiger partial charge in [0, 0.05) is 0 Å². The van der Waals surface area contributed by atoms with Crippen LogP contribution in [0, 0.1) is 20.8 Å². The first-order valence-corrected chi connectivity index (χ1v) is 6.70. The van der Waals surface area contributed by atoms with Crippen molar-refractivity contribution >= 4 is 21.9 Å². The molecule has 0 fully saturated rings. The summed E-state index contributed by atoms with van der Waals surface area (Å²) in [5, 5.41) is 17.1. The summed E-state index contributed by atoms with van der Waals surface area (Å²) < 4.78 is 6.32. The van der Waals surface area contributed by atoms with Gasteiger partial charge in [0.1, 0.15) is 11.3 Å². The predicted octanol–water partition coefficient (Wildman–Crippen LogP) is 3.65. The normalized spacial score (nSPS) is 10.4. The number of aromatic nitrogens is 2. The summed E-state index contributed by atoms with van der Waals surface area (Å²) in [6.07, 6.45) is 0. The molecular formula is C14H13BrN2O3. The Hall–Kier alpha value is -1.95. The zero-order valence-electron chi connectivity index (χ0n) is 11.3. The number of carboxylic acids is 1. The van der Waals surface area contributed by atoms with E-state index in [1.165, 1.54) is 0 Å². The van der Waals surface area contributed by atoms with E-state index in [9.17, 15) is 9.90 Å². The predicted molar refractivity (Wildman–Crippen MR) is 77.4 cm³/mol. The SMILES string of the molecule is Cc1ccc(Oc2nnc(C)c(C)c2C(=O)O)c(Br)c1. The number of carboxylic acid groups (broad SMARTS) is 1. The van der Waals surface area contributed by atoms with Gasteiger partial charge in [0.2, 0.25) is 0 Å². The van der Waals surface area contributed by atoms with E-state index in [0.717, 1.165) is 10.0 Å².